The van der Waals surface area contributed by atoms with Crippen LogP contribution in [0.15, 0.2) is 42.5 Å². The third-order valence-electron chi connectivity index (χ3n) is 3.85. The molecule has 0 spiro atoms. The van der Waals surface area contributed by atoms with E-state index in [2.05, 4.69) is 15.9 Å². The van der Waals surface area contributed by atoms with Crippen LogP contribution in [0, 0.1) is 0 Å². The fourth-order valence-corrected chi connectivity index (χ4v) is 3.04. The number of carbonyl (C=O) groups excluding carboxylic acids is 1. The lowest BCUT2D eigenvalue weighted by Crippen LogP contribution is -2.29. The third kappa shape index (κ3) is 5.53. The van der Waals surface area contributed by atoms with Gasteiger partial charge >= 0.3 is 5.97 Å². The van der Waals surface area contributed by atoms with Gasteiger partial charge < -0.3 is 23.7 Å². The molecule has 0 saturated heterocycles. The van der Waals surface area contributed by atoms with E-state index in [0.29, 0.717) is 23.0 Å². The molecule has 0 fully saturated rings. The minimum absolute atomic E-state index is 0.0671. The van der Waals surface area contributed by atoms with Crippen LogP contribution in [0.2, 0.25) is 0 Å². The lowest BCUT2D eigenvalue weighted by Gasteiger charge is -2.25. The normalized spacial score (nSPS) is 12.6. The summed E-state index contributed by atoms with van der Waals surface area (Å²) >= 11 is 3.66. The highest BCUT2D eigenvalue weighted by molar-refractivity contribution is 9.09. The number of hydrogen-bond donors (Lipinski definition) is 0. The van der Waals surface area contributed by atoms with E-state index < -0.39 is 6.10 Å². The first-order chi connectivity index (χ1) is 13.0. The van der Waals surface area contributed by atoms with Gasteiger partial charge in [0.05, 0.1) is 26.2 Å². The van der Waals surface area contributed by atoms with E-state index in [1.165, 1.54) is 6.92 Å². The molecule has 2 rings (SSSR count). The van der Waals surface area contributed by atoms with Gasteiger partial charge in [-0.2, -0.15) is 0 Å². The van der Waals surface area contributed by atoms with Crippen molar-refractivity contribution in [3.63, 3.8) is 0 Å². The van der Waals surface area contributed by atoms with Crippen LogP contribution in [-0.4, -0.2) is 40.0 Å². The van der Waals surface area contributed by atoms with E-state index in [0.717, 1.165) is 5.56 Å². The largest absolute Gasteiger partial charge is 0.493 e. The molecule has 2 aromatic rings. The zero-order valence-corrected chi connectivity index (χ0v) is 17.3. The lowest BCUT2D eigenvalue weighted by molar-refractivity contribution is -0.143. The van der Waals surface area contributed by atoms with Crippen molar-refractivity contribution >= 4 is 21.9 Å². The molecule has 27 heavy (non-hydrogen) atoms. The zero-order chi connectivity index (χ0) is 19.8. The molecule has 0 aliphatic heterocycles. The summed E-state index contributed by atoms with van der Waals surface area (Å²) in [6.45, 7) is 1.43. The van der Waals surface area contributed by atoms with Crippen molar-refractivity contribution in [1.82, 2.24) is 0 Å². The summed E-state index contributed by atoms with van der Waals surface area (Å²) in [5.74, 6) is 2.00. The number of carbonyl (C=O) groups is 1. The highest BCUT2D eigenvalue weighted by Gasteiger charge is 2.26. The SMILES string of the molecule is COc1ccc([C@H](Br)[C@H](COC(C)=O)Oc2ccccc2OC)cc1OC. The third-order valence-corrected chi connectivity index (χ3v) is 4.97. The average Bonchev–Trinajstić information content (AvgIpc) is 2.70. The molecule has 0 radical (unpaired) electrons. The van der Waals surface area contributed by atoms with Gasteiger partial charge in [0.15, 0.2) is 23.0 Å². The highest BCUT2D eigenvalue weighted by atomic mass is 79.9. The number of ether oxygens (including phenoxy) is 5. The summed E-state index contributed by atoms with van der Waals surface area (Å²) in [4.78, 5) is 11.0. The van der Waals surface area contributed by atoms with Gasteiger partial charge in [-0.1, -0.05) is 34.1 Å². The Hall–Kier alpha value is -2.41. The highest BCUT2D eigenvalue weighted by Crippen LogP contribution is 2.37. The molecule has 0 aromatic heterocycles. The molecule has 0 bridgehead atoms. The number of benzene rings is 2. The van der Waals surface area contributed by atoms with Gasteiger partial charge in [-0.05, 0) is 29.8 Å². The van der Waals surface area contributed by atoms with Crippen LogP contribution in [-0.2, 0) is 9.53 Å². The second kappa shape index (κ2) is 10.1. The molecule has 7 heteroatoms. The quantitative estimate of drug-likeness (QED) is 0.432. The molecular formula is C20H23BrO6. The Morgan fingerprint density at radius 2 is 1.52 bits per heavy atom. The Morgan fingerprint density at radius 1 is 0.926 bits per heavy atom. The predicted octanol–water partition coefficient (Wildman–Crippen LogP) is 4.16. The maximum Gasteiger partial charge on any atom is 0.302 e. The van der Waals surface area contributed by atoms with Crippen molar-refractivity contribution in [2.24, 2.45) is 0 Å². The van der Waals surface area contributed by atoms with Crippen molar-refractivity contribution in [1.29, 1.82) is 0 Å². The molecule has 146 valence electrons. The fraction of sp³-hybridized carbons (Fsp3) is 0.350. The molecule has 6 nitrogen and oxygen atoms in total. The van der Waals surface area contributed by atoms with E-state index >= 15 is 0 Å². The van der Waals surface area contributed by atoms with Crippen LogP contribution >= 0.6 is 15.9 Å². The minimum atomic E-state index is -0.497. The molecule has 2 atom stereocenters. The van der Waals surface area contributed by atoms with Crippen molar-refractivity contribution in [2.45, 2.75) is 17.9 Å². The minimum Gasteiger partial charge on any atom is -0.493 e. The molecule has 0 heterocycles. The van der Waals surface area contributed by atoms with Crippen molar-refractivity contribution < 1.29 is 28.5 Å². The first-order valence-corrected chi connectivity index (χ1v) is 9.20. The van der Waals surface area contributed by atoms with Gasteiger partial charge in [-0.3, -0.25) is 4.79 Å². The summed E-state index contributed by atoms with van der Waals surface area (Å²) < 4.78 is 27.3. The molecule has 0 saturated carbocycles. The van der Waals surface area contributed by atoms with E-state index in [-0.39, 0.29) is 17.4 Å². The van der Waals surface area contributed by atoms with E-state index in [9.17, 15) is 4.79 Å². The standard InChI is InChI=1S/C20H23BrO6/c1-13(22)26-12-19(27-17-8-6-5-7-15(17)23-2)20(21)14-9-10-16(24-3)18(11-14)25-4/h5-11,19-20H,12H2,1-4H3/t19-,20-/m0/s1. The molecular weight excluding hydrogens is 416 g/mol. The van der Waals surface area contributed by atoms with Gasteiger partial charge in [0.1, 0.15) is 12.7 Å². The predicted molar refractivity (Wildman–Crippen MR) is 105 cm³/mol. The Bertz CT molecular complexity index is 764. The van der Waals surface area contributed by atoms with Gasteiger partial charge in [0, 0.05) is 6.92 Å². The summed E-state index contributed by atoms with van der Waals surface area (Å²) in [6, 6.07) is 12.9. The van der Waals surface area contributed by atoms with Crippen molar-refractivity contribution in [2.75, 3.05) is 27.9 Å². The Balaban J connectivity index is 2.30. The molecule has 0 amide bonds. The van der Waals surface area contributed by atoms with Crippen LogP contribution in [0.1, 0.15) is 17.3 Å². The maximum absolute atomic E-state index is 11.3. The topological polar surface area (TPSA) is 63.2 Å². The fourth-order valence-electron chi connectivity index (χ4n) is 2.50. The van der Waals surface area contributed by atoms with Crippen LogP contribution < -0.4 is 18.9 Å². The van der Waals surface area contributed by atoms with E-state index in [1.807, 2.05) is 30.3 Å². The van der Waals surface area contributed by atoms with Crippen molar-refractivity contribution in [3.8, 4) is 23.0 Å². The molecule has 0 aliphatic rings. The first-order valence-electron chi connectivity index (χ1n) is 8.29. The average molecular weight is 439 g/mol. The number of para-hydroxylation sites is 2. The Labute approximate surface area is 167 Å². The maximum atomic E-state index is 11.3. The van der Waals surface area contributed by atoms with Crippen LogP contribution in [0.5, 0.6) is 23.0 Å². The van der Waals surface area contributed by atoms with Gasteiger partial charge in [-0.15, -0.1) is 0 Å². The summed E-state index contributed by atoms with van der Waals surface area (Å²) in [5, 5.41) is 0. The molecule has 0 unspecified atom stereocenters. The van der Waals surface area contributed by atoms with Gasteiger partial charge in [0.25, 0.3) is 0 Å². The number of rotatable bonds is 9. The van der Waals surface area contributed by atoms with Gasteiger partial charge in [0.2, 0.25) is 0 Å². The Morgan fingerprint density at radius 3 is 2.11 bits per heavy atom. The number of alkyl halides is 1. The molecule has 0 N–H and O–H groups in total. The van der Waals surface area contributed by atoms with Crippen LogP contribution in [0.3, 0.4) is 0 Å². The summed E-state index contributed by atoms with van der Waals surface area (Å²) in [6.07, 6.45) is -0.497. The second-order valence-electron chi connectivity index (χ2n) is 5.63. The number of esters is 1. The summed E-state index contributed by atoms with van der Waals surface area (Å²) in [7, 11) is 4.73. The first kappa shape index (κ1) is 20.9. The van der Waals surface area contributed by atoms with Gasteiger partial charge in [-0.25, -0.2) is 0 Å². The number of halogens is 1. The second-order valence-corrected chi connectivity index (χ2v) is 6.61. The van der Waals surface area contributed by atoms with E-state index in [4.69, 9.17) is 23.7 Å². The number of hydrogen-bond acceptors (Lipinski definition) is 6. The van der Waals surface area contributed by atoms with Crippen LogP contribution in [0.25, 0.3) is 0 Å². The van der Waals surface area contributed by atoms with Crippen molar-refractivity contribution in [3.05, 3.63) is 48.0 Å². The monoisotopic (exact) mass is 438 g/mol. The lowest BCUT2D eigenvalue weighted by atomic mass is 10.1. The van der Waals surface area contributed by atoms with E-state index in [1.54, 1.807) is 33.5 Å². The zero-order valence-electron chi connectivity index (χ0n) is 15.7. The molecule has 2 aromatic carbocycles. The summed E-state index contributed by atoms with van der Waals surface area (Å²) in [5.41, 5.74) is 0.889. The van der Waals surface area contributed by atoms with Crippen LogP contribution in [0.4, 0.5) is 0 Å². The smallest absolute Gasteiger partial charge is 0.302 e. The molecule has 0 aliphatic carbocycles. The number of methoxy groups -OCH3 is 3. The Kier molecular flexibility index (Phi) is 7.79.